The Morgan fingerprint density at radius 3 is 2.58 bits per heavy atom. The standard InChI is InChI=1S/C27H33N3O6/c1-27(2,3)30(25(32)33)16-23-15-29(26(34)36-23)22-10-9-20-11-12-28(14-21(20)13-22)24(31)18-35-17-19-7-5-4-6-8-19/h4-10,13,23H,11-12,14-18H2,1-3H3,(H,32,33)/t23-/m0/s1. The van der Waals surface area contributed by atoms with Crippen LogP contribution in [-0.4, -0.2) is 70.9 Å². The quantitative estimate of drug-likeness (QED) is 0.626. The molecule has 0 spiro atoms. The highest BCUT2D eigenvalue weighted by Gasteiger charge is 2.37. The van der Waals surface area contributed by atoms with Crippen molar-refractivity contribution < 1.29 is 29.0 Å². The number of carbonyl (C=O) groups is 3. The normalized spacial score (nSPS) is 17.5. The summed E-state index contributed by atoms with van der Waals surface area (Å²) in [5.74, 6) is -0.0708. The molecular formula is C27H33N3O6. The van der Waals surface area contributed by atoms with Gasteiger partial charge in [0.25, 0.3) is 0 Å². The molecule has 1 atom stereocenters. The molecule has 36 heavy (non-hydrogen) atoms. The van der Waals surface area contributed by atoms with Crippen molar-refractivity contribution in [2.75, 3.05) is 31.1 Å². The van der Waals surface area contributed by atoms with Gasteiger partial charge in [0, 0.05) is 24.3 Å². The van der Waals surface area contributed by atoms with E-state index in [1.807, 2.05) is 48.5 Å². The summed E-state index contributed by atoms with van der Waals surface area (Å²) in [7, 11) is 0. The number of benzene rings is 2. The predicted octanol–water partition coefficient (Wildman–Crippen LogP) is 3.89. The van der Waals surface area contributed by atoms with E-state index in [0.717, 1.165) is 23.1 Å². The third-order valence-electron chi connectivity index (χ3n) is 6.50. The fourth-order valence-corrected chi connectivity index (χ4v) is 4.52. The van der Waals surface area contributed by atoms with Crippen LogP contribution in [0.15, 0.2) is 48.5 Å². The molecule has 3 amide bonds. The molecule has 2 aromatic carbocycles. The van der Waals surface area contributed by atoms with E-state index < -0.39 is 23.8 Å². The first-order chi connectivity index (χ1) is 17.1. The molecule has 192 valence electrons. The highest BCUT2D eigenvalue weighted by Crippen LogP contribution is 2.28. The Balaban J connectivity index is 1.37. The van der Waals surface area contributed by atoms with Gasteiger partial charge in [0.1, 0.15) is 12.7 Å². The molecule has 1 saturated heterocycles. The summed E-state index contributed by atoms with van der Waals surface area (Å²) in [6, 6.07) is 15.5. The summed E-state index contributed by atoms with van der Waals surface area (Å²) < 4.78 is 11.1. The molecule has 0 saturated carbocycles. The zero-order chi connectivity index (χ0) is 25.9. The van der Waals surface area contributed by atoms with E-state index in [9.17, 15) is 19.5 Å². The van der Waals surface area contributed by atoms with E-state index in [1.54, 1.807) is 25.7 Å². The molecule has 1 N–H and O–H groups in total. The molecule has 0 aliphatic carbocycles. The first-order valence-electron chi connectivity index (χ1n) is 12.1. The highest BCUT2D eigenvalue weighted by molar-refractivity contribution is 5.90. The summed E-state index contributed by atoms with van der Waals surface area (Å²) in [6.45, 7) is 7.22. The highest BCUT2D eigenvalue weighted by atomic mass is 16.6. The summed E-state index contributed by atoms with van der Waals surface area (Å²) in [4.78, 5) is 41.6. The second kappa shape index (κ2) is 10.6. The number of anilines is 1. The van der Waals surface area contributed by atoms with Crippen molar-refractivity contribution in [3.63, 3.8) is 0 Å². The number of nitrogens with zero attached hydrogens (tertiary/aromatic N) is 3. The van der Waals surface area contributed by atoms with Gasteiger partial charge in [0.15, 0.2) is 0 Å². The van der Waals surface area contributed by atoms with E-state index in [4.69, 9.17) is 9.47 Å². The average Bonchev–Trinajstić information content (AvgIpc) is 3.21. The molecule has 4 rings (SSSR count). The zero-order valence-electron chi connectivity index (χ0n) is 21.0. The molecule has 0 bridgehead atoms. The van der Waals surface area contributed by atoms with Crippen LogP contribution in [-0.2, 0) is 33.8 Å². The first kappa shape index (κ1) is 25.5. The molecular weight excluding hydrogens is 462 g/mol. The number of cyclic esters (lactones) is 1. The number of carboxylic acid groups (broad SMARTS) is 1. The first-order valence-corrected chi connectivity index (χ1v) is 12.1. The molecule has 2 aliphatic rings. The number of hydrogen-bond donors (Lipinski definition) is 1. The Morgan fingerprint density at radius 2 is 1.89 bits per heavy atom. The van der Waals surface area contributed by atoms with Gasteiger partial charge in [-0.05, 0) is 56.0 Å². The van der Waals surface area contributed by atoms with Crippen molar-refractivity contribution in [3.8, 4) is 0 Å². The van der Waals surface area contributed by atoms with Crippen LogP contribution in [0.4, 0.5) is 15.3 Å². The van der Waals surface area contributed by atoms with Crippen molar-refractivity contribution >= 4 is 23.8 Å². The maximum Gasteiger partial charge on any atom is 0.414 e. The van der Waals surface area contributed by atoms with Crippen molar-refractivity contribution in [2.45, 2.75) is 52.0 Å². The van der Waals surface area contributed by atoms with Crippen LogP contribution in [0.2, 0.25) is 0 Å². The Morgan fingerprint density at radius 1 is 1.14 bits per heavy atom. The van der Waals surface area contributed by atoms with Crippen LogP contribution < -0.4 is 4.90 Å². The number of amides is 3. The second-order valence-corrected chi connectivity index (χ2v) is 10.2. The third-order valence-corrected chi connectivity index (χ3v) is 6.50. The lowest BCUT2D eigenvalue weighted by molar-refractivity contribution is -0.137. The SMILES string of the molecule is CC(C)(C)N(C[C@@H]1CN(c2ccc3c(c2)CN(C(=O)COCc2ccccc2)CC3)C(=O)O1)C(=O)O. The van der Waals surface area contributed by atoms with Crippen molar-refractivity contribution in [3.05, 3.63) is 65.2 Å². The molecule has 0 unspecified atom stereocenters. The van der Waals surface area contributed by atoms with Gasteiger partial charge >= 0.3 is 12.2 Å². The maximum absolute atomic E-state index is 12.7. The third kappa shape index (κ3) is 5.96. The largest absolute Gasteiger partial charge is 0.465 e. The number of rotatable bonds is 7. The number of fused-ring (bicyclic) bond motifs is 1. The van der Waals surface area contributed by atoms with Gasteiger partial charge < -0.3 is 19.5 Å². The fourth-order valence-electron chi connectivity index (χ4n) is 4.52. The van der Waals surface area contributed by atoms with Gasteiger partial charge in [-0.15, -0.1) is 0 Å². The zero-order valence-corrected chi connectivity index (χ0v) is 21.0. The van der Waals surface area contributed by atoms with Gasteiger partial charge in [0.05, 0.1) is 19.7 Å². The van der Waals surface area contributed by atoms with Gasteiger partial charge in [-0.1, -0.05) is 36.4 Å². The fraction of sp³-hybridized carbons (Fsp3) is 0.444. The summed E-state index contributed by atoms with van der Waals surface area (Å²) in [5.41, 5.74) is 3.20. The van der Waals surface area contributed by atoms with E-state index in [0.29, 0.717) is 25.4 Å². The van der Waals surface area contributed by atoms with E-state index in [1.165, 1.54) is 9.80 Å². The van der Waals surface area contributed by atoms with E-state index >= 15 is 0 Å². The number of ether oxygens (including phenoxy) is 2. The minimum atomic E-state index is -1.05. The van der Waals surface area contributed by atoms with Gasteiger partial charge in [-0.25, -0.2) is 9.59 Å². The molecule has 0 aromatic heterocycles. The van der Waals surface area contributed by atoms with Crippen LogP contribution in [0.1, 0.15) is 37.5 Å². The van der Waals surface area contributed by atoms with Gasteiger partial charge in [0.2, 0.25) is 5.91 Å². The van der Waals surface area contributed by atoms with Crippen LogP contribution in [0.3, 0.4) is 0 Å². The van der Waals surface area contributed by atoms with Gasteiger partial charge in [-0.3, -0.25) is 14.6 Å². The van der Waals surface area contributed by atoms with Crippen LogP contribution >= 0.6 is 0 Å². The van der Waals surface area contributed by atoms with Crippen LogP contribution in [0.5, 0.6) is 0 Å². The van der Waals surface area contributed by atoms with Gasteiger partial charge in [-0.2, -0.15) is 0 Å². The predicted molar refractivity (Wildman–Crippen MR) is 134 cm³/mol. The lowest BCUT2D eigenvalue weighted by Crippen LogP contribution is -2.49. The number of carbonyl (C=O) groups excluding carboxylic acids is 2. The van der Waals surface area contributed by atoms with Crippen LogP contribution in [0.25, 0.3) is 0 Å². The molecule has 2 aliphatic heterocycles. The number of hydrogen-bond acceptors (Lipinski definition) is 5. The Bertz CT molecular complexity index is 1110. The molecule has 2 heterocycles. The van der Waals surface area contributed by atoms with Crippen LogP contribution in [0, 0.1) is 0 Å². The Kier molecular flexibility index (Phi) is 7.49. The Hall–Kier alpha value is -3.59. The lowest BCUT2D eigenvalue weighted by Gasteiger charge is -2.34. The van der Waals surface area contributed by atoms with Crippen molar-refractivity contribution in [1.29, 1.82) is 0 Å². The summed E-state index contributed by atoms with van der Waals surface area (Å²) in [5, 5.41) is 9.56. The topological polar surface area (TPSA) is 99.6 Å². The monoisotopic (exact) mass is 495 g/mol. The smallest absolute Gasteiger partial charge is 0.414 e. The molecule has 2 aromatic rings. The maximum atomic E-state index is 12.7. The van der Waals surface area contributed by atoms with E-state index in [2.05, 4.69) is 0 Å². The lowest BCUT2D eigenvalue weighted by atomic mass is 9.98. The molecule has 1 fully saturated rings. The molecule has 9 heteroatoms. The van der Waals surface area contributed by atoms with E-state index in [-0.39, 0.29) is 25.6 Å². The molecule has 0 radical (unpaired) electrons. The van der Waals surface area contributed by atoms with Crippen molar-refractivity contribution in [1.82, 2.24) is 9.80 Å². The Labute approximate surface area is 211 Å². The molecule has 9 nitrogen and oxygen atoms in total. The summed E-state index contributed by atoms with van der Waals surface area (Å²) in [6.07, 6.45) is -1.39. The minimum absolute atomic E-state index is 0.0118. The second-order valence-electron chi connectivity index (χ2n) is 10.2. The van der Waals surface area contributed by atoms with Crippen molar-refractivity contribution in [2.24, 2.45) is 0 Å². The minimum Gasteiger partial charge on any atom is -0.465 e. The average molecular weight is 496 g/mol. The summed E-state index contributed by atoms with van der Waals surface area (Å²) >= 11 is 0.